The van der Waals surface area contributed by atoms with Gasteiger partial charge in [-0.2, -0.15) is 0 Å². The largest absolute Gasteiger partial charge is 0.350 e. The molecule has 0 saturated heterocycles. The summed E-state index contributed by atoms with van der Waals surface area (Å²) in [6.45, 7) is 6.30. The second-order valence-corrected chi connectivity index (χ2v) is 4.95. The summed E-state index contributed by atoms with van der Waals surface area (Å²) in [5, 5.41) is 3.19. The van der Waals surface area contributed by atoms with E-state index in [9.17, 15) is 9.59 Å². The Morgan fingerprint density at radius 3 is 2.47 bits per heavy atom. The van der Waals surface area contributed by atoms with E-state index in [1.807, 2.05) is 13.8 Å². The second-order valence-electron chi connectivity index (χ2n) is 4.54. The Balaban J connectivity index is 2.52. The van der Waals surface area contributed by atoms with Gasteiger partial charge in [0.2, 0.25) is 5.91 Å². The number of nitrogens with zero attached hydrogens (tertiary/aromatic N) is 1. The third-order valence-electron chi connectivity index (χ3n) is 2.78. The molecule has 0 radical (unpaired) electrons. The van der Waals surface area contributed by atoms with Crippen LogP contribution in [0.4, 0.5) is 0 Å². The summed E-state index contributed by atoms with van der Waals surface area (Å²) in [5.41, 5.74) is 0.447. The van der Waals surface area contributed by atoms with E-state index in [1.165, 1.54) is 6.92 Å². The molecule has 0 unspecified atom stereocenters. The SMILES string of the molecule is CC(=O)N(CCNC(=O)c1ccccc1Cl)C(C)C. The molecule has 19 heavy (non-hydrogen) atoms. The Bertz CT molecular complexity index is 461. The van der Waals surface area contributed by atoms with Gasteiger partial charge < -0.3 is 10.2 Å². The zero-order chi connectivity index (χ0) is 14.4. The minimum Gasteiger partial charge on any atom is -0.350 e. The Kier molecular flexibility index (Phi) is 5.83. The van der Waals surface area contributed by atoms with Gasteiger partial charge in [0.25, 0.3) is 5.91 Å². The number of nitrogens with one attached hydrogen (secondary N) is 1. The highest BCUT2D eigenvalue weighted by molar-refractivity contribution is 6.33. The third kappa shape index (κ3) is 4.56. The standard InChI is InChI=1S/C14H19ClN2O2/c1-10(2)17(11(3)18)9-8-16-14(19)12-6-4-5-7-13(12)15/h4-7,10H,8-9H2,1-3H3,(H,16,19). The average molecular weight is 283 g/mol. The molecule has 1 rings (SSSR count). The molecule has 1 N–H and O–H groups in total. The molecule has 0 aromatic heterocycles. The number of carbonyl (C=O) groups is 2. The number of rotatable bonds is 5. The fourth-order valence-corrected chi connectivity index (χ4v) is 2.03. The van der Waals surface area contributed by atoms with Crippen LogP contribution in [0.5, 0.6) is 0 Å². The molecule has 104 valence electrons. The summed E-state index contributed by atoms with van der Waals surface area (Å²) in [7, 11) is 0. The summed E-state index contributed by atoms with van der Waals surface area (Å²) in [6.07, 6.45) is 0. The predicted molar refractivity (Wildman–Crippen MR) is 76.3 cm³/mol. The highest BCUT2D eigenvalue weighted by atomic mass is 35.5. The summed E-state index contributed by atoms with van der Waals surface area (Å²) in [4.78, 5) is 25.0. The van der Waals surface area contributed by atoms with Gasteiger partial charge in [0.05, 0.1) is 10.6 Å². The normalized spacial score (nSPS) is 10.4. The Morgan fingerprint density at radius 1 is 1.32 bits per heavy atom. The molecule has 2 amide bonds. The van der Waals surface area contributed by atoms with Crippen LogP contribution < -0.4 is 5.32 Å². The van der Waals surface area contributed by atoms with Crippen molar-refractivity contribution in [2.24, 2.45) is 0 Å². The zero-order valence-corrected chi connectivity index (χ0v) is 12.2. The maximum absolute atomic E-state index is 11.9. The Labute approximate surface area is 118 Å². The molecule has 0 fully saturated rings. The van der Waals surface area contributed by atoms with Gasteiger partial charge in [-0.05, 0) is 26.0 Å². The van der Waals surface area contributed by atoms with Gasteiger partial charge in [-0.15, -0.1) is 0 Å². The number of halogens is 1. The van der Waals surface area contributed by atoms with Crippen molar-refractivity contribution in [1.29, 1.82) is 0 Å². The van der Waals surface area contributed by atoms with Crippen molar-refractivity contribution in [3.8, 4) is 0 Å². The molecule has 0 aliphatic heterocycles. The van der Waals surface area contributed by atoms with E-state index in [0.717, 1.165) is 0 Å². The van der Waals surface area contributed by atoms with Crippen molar-refractivity contribution >= 4 is 23.4 Å². The van der Waals surface area contributed by atoms with E-state index in [4.69, 9.17) is 11.6 Å². The van der Waals surface area contributed by atoms with Gasteiger partial charge in [-0.3, -0.25) is 9.59 Å². The van der Waals surface area contributed by atoms with E-state index >= 15 is 0 Å². The molecule has 0 saturated carbocycles. The third-order valence-corrected chi connectivity index (χ3v) is 3.11. The lowest BCUT2D eigenvalue weighted by Crippen LogP contribution is -2.41. The van der Waals surface area contributed by atoms with Gasteiger partial charge >= 0.3 is 0 Å². The van der Waals surface area contributed by atoms with Crippen LogP contribution in [0.3, 0.4) is 0 Å². The first kappa shape index (κ1) is 15.5. The van der Waals surface area contributed by atoms with Crippen molar-refractivity contribution in [3.63, 3.8) is 0 Å². The minimum absolute atomic E-state index is 0.00184. The molecular weight excluding hydrogens is 264 g/mol. The van der Waals surface area contributed by atoms with E-state index in [-0.39, 0.29) is 17.9 Å². The predicted octanol–water partition coefficient (Wildman–Crippen LogP) is 2.33. The van der Waals surface area contributed by atoms with E-state index < -0.39 is 0 Å². The van der Waals surface area contributed by atoms with Crippen molar-refractivity contribution in [2.45, 2.75) is 26.8 Å². The number of benzene rings is 1. The maximum atomic E-state index is 11.9. The first-order valence-electron chi connectivity index (χ1n) is 6.23. The smallest absolute Gasteiger partial charge is 0.252 e. The molecule has 0 atom stereocenters. The zero-order valence-electron chi connectivity index (χ0n) is 11.4. The molecule has 1 aromatic rings. The maximum Gasteiger partial charge on any atom is 0.252 e. The van der Waals surface area contributed by atoms with Gasteiger partial charge in [0, 0.05) is 26.1 Å². The summed E-state index contributed by atoms with van der Waals surface area (Å²) < 4.78 is 0. The van der Waals surface area contributed by atoms with Gasteiger partial charge in [0.15, 0.2) is 0 Å². The van der Waals surface area contributed by atoms with Crippen LogP contribution in [0.2, 0.25) is 5.02 Å². The molecular formula is C14H19ClN2O2. The van der Waals surface area contributed by atoms with Crippen molar-refractivity contribution in [1.82, 2.24) is 10.2 Å². The molecule has 0 aliphatic carbocycles. The van der Waals surface area contributed by atoms with E-state index in [0.29, 0.717) is 23.7 Å². The molecule has 0 spiro atoms. The van der Waals surface area contributed by atoms with Crippen molar-refractivity contribution in [2.75, 3.05) is 13.1 Å². The van der Waals surface area contributed by atoms with Crippen LogP contribution in [0, 0.1) is 0 Å². The molecule has 1 aromatic carbocycles. The minimum atomic E-state index is -0.224. The fourth-order valence-electron chi connectivity index (χ4n) is 1.81. The summed E-state index contributed by atoms with van der Waals surface area (Å²) >= 11 is 5.94. The molecule has 0 heterocycles. The van der Waals surface area contributed by atoms with E-state index in [2.05, 4.69) is 5.32 Å². The number of carbonyl (C=O) groups excluding carboxylic acids is 2. The lowest BCUT2D eigenvalue weighted by Gasteiger charge is -2.25. The highest BCUT2D eigenvalue weighted by Crippen LogP contribution is 2.14. The number of hydrogen-bond acceptors (Lipinski definition) is 2. The van der Waals surface area contributed by atoms with Gasteiger partial charge in [0.1, 0.15) is 0 Å². The van der Waals surface area contributed by atoms with Gasteiger partial charge in [-0.1, -0.05) is 23.7 Å². The summed E-state index contributed by atoms with van der Waals surface area (Å²) in [5.74, 6) is -0.222. The monoisotopic (exact) mass is 282 g/mol. The topological polar surface area (TPSA) is 49.4 Å². The van der Waals surface area contributed by atoms with Crippen LogP contribution in [0.1, 0.15) is 31.1 Å². The van der Waals surface area contributed by atoms with Crippen LogP contribution in [0.25, 0.3) is 0 Å². The Morgan fingerprint density at radius 2 is 1.95 bits per heavy atom. The van der Waals surface area contributed by atoms with Crippen LogP contribution in [-0.2, 0) is 4.79 Å². The van der Waals surface area contributed by atoms with Crippen molar-refractivity contribution in [3.05, 3.63) is 34.9 Å². The van der Waals surface area contributed by atoms with Crippen LogP contribution in [-0.4, -0.2) is 35.8 Å². The Hall–Kier alpha value is -1.55. The fraction of sp³-hybridized carbons (Fsp3) is 0.429. The van der Waals surface area contributed by atoms with Crippen LogP contribution in [0.15, 0.2) is 24.3 Å². The molecule has 5 heteroatoms. The van der Waals surface area contributed by atoms with Crippen LogP contribution >= 0.6 is 11.6 Å². The van der Waals surface area contributed by atoms with Gasteiger partial charge in [-0.25, -0.2) is 0 Å². The highest BCUT2D eigenvalue weighted by Gasteiger charge is 2.13. The second kappa shape index (κ2) is 7.14. The lowest BCUT2D eigenvalue weighted by molar-refractivity contribution is -0.130. The number of hydrogen-bond donors (Lipinski definition) is 1. The van der Waals surface area contributed by atoms with E-state index in [1.54, 1.807) is 29.2 Å². The molecule has 4 nitrogen and oxygen atoms in total. The first-order valence-corrected chi connectivity index (χ1v) is 6.61. The average Bonchev–Trinajstić information content (AvgIpc) is 2.33. The van der Waals surface area contributed by atoms with Crippen molar-refractivity contribution < 1.29 is 9.59 Å². The number of amides is 2. The molecule has 0 bridgehead atoms. The quantitative estimate of drug-likeness (QED) is 0.901. The lowest BCUT2D eigenvalue weighted by atomic mass is 10.2. The first-order chi connectivity index (χ1) is 8.93. The molecule has 0 aliphatic rings. The summed E-state index contributed by atoms with van der Waals surface area (Å²) in [6, 6.07) is 7.00.